The first-order valence-corrected chi connectivity index (χ1v) is 12.6. The van der Waals surface area contributed by atoms with Gasteiger partial charge in [-0.1, -0.05) is 13.0 Å². The zero-order chi connectivity index (χ0) is 23.1. The van der Waals surface area contributed by atoms with E-state index >= 15 is 0 Å². The number of ether oxygens (including phenoxy) is 2. The lowest BCUT2D eigenvalue weighted by atomic mass is 9.87. The molecule has 0 unspecified atom stereocenters. The number of aromatic nitrogens is 2. The minimum atomic E-state index is -0.135. The number of anilines is 2. The van der Waals surface area contributed by atoms with Crippen LogP contribution in [0.5, 0.6) is 5.75 Å². The first-order valence-electron chi connectivity index (χ1n) is 12.6. The lowest BCUT2D eigenvalue weighted by molar-refractivity contribution is 0.0465. The van der Waals surface area contributed by atoms with Crippen molar-refractivity contribution >= 4 is 28.2 Å². The smallest absolute Gasteiger partial charge is 0.255 e. The highest BCUT2D eigenvalue weighted by Crippen LogP contribution is 2.37. The summed E-state index contributed by atoms with van der Waals surface area (Å²) in [6.07, 6.45) is 8.12. The number of fused-ring (bicyclic) bond motifs is 7. The quantitative estimate of drug-likeness (QED) is 0.552. The molecule has 34 heavy (non-hydrogen) atoms. The molecule has 2 aromatic carbocycles. The minimum Gasteiger partial charge on any atom is -0.491 e. The zero-order valence-corrected chi connectivity index (χ0v) is 19.7. The third-order valence-electron chi connectivity index (χ3n) is 7.53. The van der Waals surface area contributed by atoms with Gasteiger partial charge in [0.1, 0.15) is 12.4 Å². The second-order valence-corrected chi connectivity index (χ2v) is 10.0. The van der Waals surface area contributed by atoms with E-state index < -0.39 is 0 Å². The third kappa shape index (κ3) is 4.25. The second kappa shape index (κ2) is 8.95. The standard InChI is InChI=1S/C27H32N4O3/c1-18-5-7-21(8-6-18)31-16-20-14-25-26(15-24(20)29-31)30-10-9-23(17-30)34-12-11-33-22-4-2-3-19(13-22)27(32)28-25/h2-4,13-16,18,21,23H,5-12,17H2,1H3,(H,28,32)/t18?,21?,23-/m1/s1. The highest BCUT2D eigenvalue weighted by atomic mass is 16.5. The van der Waals surface area contributed by atoms with Crippen LogP contribution in [-0.2, 0) is 4.74 Å². The van der Waals surface area contributed by atoms with Crippen molar-refractivity contribution in [2.24, 2.45) is 5.92 Å². The summed E-state index contributed by atoms with van der Waals surface area (Å²) in [4.78, 5) is 15.5. The van der Waals surface area contributed by atoms with Gasteiger partial charge < -0.3 is 19.7 Å². The van der Waals surface area contributed by atoms with Crippen molar-refractivity contribution in [3.63, 3.8) is 0 Å². The van der Waals surface area contributed by atoms with Crippen LogP contribution >= 0.6 is 0 Å². The molecule has 3 aliphatic rings. The van der Waals surface area contributed by atoms with E-state index in [0.29, 0.717) is 30.6 Å². The van der Waals surface area contributed by atoms with Gasteiger partial charge in [-0.15, -0.1) is 0 Å². The van der Waals surface area contributed by atoms with Crippen molar-refractivity contribution in [2.75, 3.05) is 36.5 Å². The monoisotopic (exact) mass is 460 g/mol. The number of amides is 1. The van der Waals surface area contributed by atoms with E-state index in [0.717, 1.165) is 47.7 Å². The molecule has 0 spiro atoms. The molecule has 4 bridgehead atoms. The molecule has 1 aromatic heterocycles. The first-order chi connectivity index (χ1) is 16.6. The molecular formula is C27H32N4O3. The number of hydrogen-bond donors (Lipinski definition) is 1. The molecule has 6 rings (SSSR count). The highest BCUT2D eigenvalue weighted by molar-refractivity contribution is 6.07. The molecule has 0 radical (unpaired) electrons. The molecular weight excluding hydrogens is 428 g/mol. The van der Waals surface area contributed by atoms with Crippen molar-refractivity contribution in [3.8, 4) is 5.75 Å². The van der Waals surface area contributed by atoms with Gasteiger partial charge in [-0.2, -0.15) is 5.10 Å². The summed E-state index contributed by atoms with van der Waals surface area (Å²) in [5.41, 5.74) is 3.39. The maximum Gasteiger partial charge on any atom is 0.255 e. The molecule has 178 valence electrons. The summed E-state index contributed by atoms with van der Waals surface area (Å²) in [7, 11) is 0. The van der Waals surface area contributed by atoms with Gasteiger partial charge >= 0.3 is 0 Å². The van der Waals surface area contributed by atoms with E-state index in [2.05, 4.69) is 40.2 Å². The van der Waals surface area contributed by atoms with Gasteiger partial charge in [-0.05, 0) is 68.4 Å². The average Bonchev–Trinajstić information content (AvgIpc) is 3.48. The molecule has 3 heterocycles. The summed E-state index contributed by atoms with van der Waals surface area (Å²) < 4.78 is 14.1. The van der Waals surface area contributed by atoms with Crippen LogP contribution in [0.15, 0.2) is 42.6 Å². The van der Waals surface area contributed by atoms with Crippen molar-refractivity contribution in [3.05, 3.63) is 48.2 Å². The van der Waals surface area contributed by atoms with E-state index in [4.69, 9.17) is 14.6 Å². The summed E-state index contributed by atoms with van der Waals surface area (Å²) in [5.74, 6) is 1.35. The fourth-order valence-corrected chi connectivity index (χ4v) is 5.51. The normalized spacial score (nSPS) is 25.4. The van der Waals surface area contributed by atoms with Crippen LogP contribution in [0.25, 0.3) is 10.9 Å². The number of nitrogens with one attached hydrogen (secondary N) is 1. The molecule has 7 heteroatoms. The van der Waals surface area contributed by atoms with E-state index in [-0.39, 0.29) is 12.0 Å². The minimum absolute atomic E-state index is 0.135. The Morgan fingerprint density at radius 3 is 2.82 bits per heavy atom. The van der Waals surface area contributed by atoms with Crippen LogP contribution in [0.1, 0.15) is 55.4 Å². The van der Waals surface area contributed by atoms with Gasteiger partial charge in [0.05, 0.1) is 35.6 Å². The molecule has 2 aliphatic heterocycles. The maximum atomic E-state index is 13.2. The number of carbonyl (C=O) groups is 1. The zero-order valence-electron chi connectivity index (χ0n) is 19.7. The Balaban J connectivity index is 1.38. The number of nitrogens with zero attached hydrogens (tertiary/aromatic N) is 3. The fraction of sp³-hybridized carbons (Fsp3) is 0.481. The Morgan fingerprint density at radius 1 is 1.06 bits per heavy atom. The highest BCUT2D eigenvalue weighted by Gasteiger charge is 2.27. The molecule has 7 nitrogen and oxygen atoms in total. The van der Waals surface area contributed by atoms with Crippen LogP contribution in [0.2, 0.25) is 0 Å². The van der Waals surface area contributed by atoms with E-state index in [1.54, 1.807) is 6.07 Å². The fourth-order valence-electron chi connectivity index (χ4n) is 5.51. The van der Waals surface area contributed by atoms with Gasteiger partial charge in [0.2, 0.25) is 0 Å². The topological polar surface area (TPSA) is 68.6 Å². The Bertz CT molecular complexity index is 1200. The molecule has 2 fully saturated rings. The van der Waals surface area contributed by atoms with Crippen LogP contribution in [0.4, 0.5) is 11.4 Å². The van der Waals surface area contributed by atoms with Crippen LogP contribution in [-0.4, -0.2) is 48.1 Å². The van der Waals surface area contributed by atoms with Gasteiger partial charge in [-0.3, -0.25) is 9.48 Å². The summed E-state index contributed by atoms with van der Waals surface area (Å²) >= 11 is 0. The number of hydrogen-bond acceptors (Lipinski definition) is 5. The number of benzene rings is 2. The van der Waals surface area contributed by atoms with Crippen LogP contribution in [0.3, 0.4) is 0 Å². The lowest BCUT2D eigenvalue weighted by Crippen LogP contribution is -2.26. The molecule has 3 aromatic rings. The molecule has 1 N–H and O–H groups in total. The average molecular weight is 461 g/mol. The predicted molar refractivity (Wildman–Crippen MR) is 133 cm³/mol. The van der Waals surface area contributed by atoms with Crippen molar-refractivity contribution < 1.29 is 14.3 Å². The molecule has 1 saturated heterocycles. The number of carbonyl (C=O) groups excluding carboxylic acids is 1. The molecule has 1 atom stereocenters. The van der Waals surface area contributed by atoms with Gasteiger partial charge in [0.25, 0.3) is 5.91 Å². The maximum absolute atomic E-state index is 13.2. The van der Waals surface area contributed by atoms with Gasteiger partial charge in [0, 0.05) is 30.2 Å². The van der Waals surface area contributed by atoms with Gasteiger partial charge in [0.15, 0.2) is 0 Å². The SMILES string of the molecule is CC1CCC(n2cc3cc4c(cc3n2)N2CC[C@H](C2)OCCOc2cccc(c2)C(=O)N4)CC1. The summed E-state index contributed by atoms with van der Waals surface area (Å²) in [5, 5.41) is 9.21. The summed E-state index contributed by atoms with van der Waals surface area (Å²) in [6.45, 7) is 5.02. The summed E-state index contributed by atoms with van der Waals surface area (Å²) in [6, 6.07) is 12.0. The molecule has 1 amide bonds. The second-order valence-electron chi connectivity index (χ2n) is 10.0. The predicted octanol–water partition coefficient (Wildman–Crippen LogP) is 5.03. The van der Waals surface area contributed by atoms with Crippen molar-refractivity contribution in [2.45, 2.75) is 51.2 Å². The van der Waals surface area contributed by atoms with Crippen LogP contribution < -0.4 is 15.0 Å². The van der Waals surface area contributed by atoms with E-state index in [1.807, 2.05) is 18.2 Å². The molecule has 1 aliphatic carbocycles. The Labute approximate surface area is 200 Å². The largest absolute Gasteiger partial charge is 0.491 e. The van der Waals surface area contributed by atoms with Gasteiger partial charge in [-0.25, -0.2) is 0 Å². The van der Waals surface area contributed by atoms with E-state index in [9.17, 15) is 4.79 Å². The third-order valence-corrected chi connectivity index (χ3v) is 7.53. The molecule has 1 saturated carbocycles. The Morgan fingerprint density at radius 2 is 1.94 bits per heavy atom. The lowest BCUT2D eigenvalue weighted by Gasteiger charge is -2.26. The number of rotatable bonds is 1. The first kappa shape index (κ1) is 21.5. The Hall–Kier alpha value is -3.06. The Kier molecular flexibility index (Phi) is 5.65. The van der Waals surface area contributed by atoms with E-state index in [1.165, 1.54) is 25.7 Å². The van der Waals surface area contributed by atoms with Crippen LogP contribution in [0, 0.1) is 5.92 Å². The van der Waals surface area contributed by atoms with Crippen molar-refractivity contribution in [1.29, 1.82) is 0 Å². The van der Waals surface area contributed by atoms with Crippen molar-refractivity contribution in [1.82, 2.24) is 9.78 Å².